The second-order valence-corrected chi connectivity index (χ2v) is 10.2. The molecule has 2 aromatic heterocycles. The maximum Gasteiger partial charge on any atom is 0.257 e. The van der Waals surface area contributed by atoms with Crippen LogP contribution in [0.3, 0.4) is 0 Å². The molecule has 2 heterocycles. The Labute approximate surface area is 186 Å². The average Bonchev–Trinajstić information content (AvgIpc) is 3.32. The summed E-state index contributed by atoms with van der Waals surface area (Å²) in [6.07, 6.45) is 0. The highest BCUT2D eigenvalue weighted by Gasteiger charge is 2.19. The topological polar surface area (TPSA) is 102 Å². The van der Waals surface area contributed by atoms with Gasteiger partial charge in [0.05, 0.1) is 21.2 Å². The molecule has 0 unspecified atom stereocenters. The summed E-state index contributed by atoms with van der Waals surface area (Å²) in [5, 5.41) is 9.29. The van der Waals surface area contributed by atoms with E-state index < -0.39 is 10.0 Å². The van der Waals surface area contributed by atoms with E-state index in [0.29, 0.717) is 43.6 Å². The maximum absolute atomic E-state index is 12.3. The molecule has 2 aromatic carbocycles. The van der Waals surface area contributed by atoms with E-state index >= 15 is 0 Å². The molecule has 0 fully saturated rings. The minimum absolute atomic E-state index is 0.145. The van der Waals surface area contributed by atoms with Crippen LogP contribution in [-0.4, -0.2) is 42.0 Å². The average molecular weight is 485 g/mol. The largest absolute Gasteiger partial charge is 0.431 e. The molecule has 30 heavy (non-hydrogen) atoms. The molecule has 0 saturated heterocycles. The van der Waals surface area contributed by atoms with Crippen LogP contribution in [0.15, 0.2) is 55.4 Å². The Kier molecular flexibility index (Phi) is 5.78. The van der Waals surface area contributed by atoms with Crippen LogP contribution in [0.5, 0.6) is 0 Å². The zero-order valence-corrected chi connectivity index (χ0v) is 18.8. The first kappa shape index (κ1) is 21.1. The van der Waals surface area contributed by atoms with Gasteiger partial charge >= 0.3 is 0 Å². The van der Waals surface area contributed by atoms with Gasteiger partial charge in [-0.2, -0.15) is 0 Å². The zero-order valence-electron chi connectivity index (χ0n) is 15.7. The van der Waals surface area contributed by atoms with Crippen LogP contribution >= 0.6 is 35.0 Å². The molecule has 12 heteroatoms. The van der Waals surface area contributed by atoms with Gasteiger partial charge < -0.3 is 8.83 Å². The molecular weight excluding hydrogens is 471 g/mol. The van der Waals surface area contributed by atoms with Crippen molar-refractivity contribution in [3.8, 4) is 11.5 Å². The number of hydrogen-bond donors (Lipinski definition) is 0. The van der Waals surface area contributed by atoms with E-state index in [2.05, 4.69) is 15.2 Å². The Bertz CT molecular complexity index is 1340. The monoisotopic (exact) mass is 484 g/mol. The smallest absolute Gasteiger partial charge is 0.257 e. The van der Waals surface area contributed by atoms with Crippen molar-refractivity contribution < 1.29 is 17.3 Å². The molecule has 4 aromatic rings. The Balaban J connectivity index is 1.51. The van der Waals surface area contributed by atoms with Crippen molar-refractivity contribution >= 4 is 56.1 Å². The van der Waals surface area contributed by atoms with E-state index in [1.807, 2.05) is 0 Å². The molecule has 156 valence electrons. The number of thioether (sulfide) groups is 1. The third-order valence-electron chi connectivity index (χ3n) is 4.07. The van der Waals surface area contributed by atoms with E-state index in [4.69, 9.17) is 32.0 Å². The second-order valence-electron chi connectivity index (χ2n) is 6.31. The van der Waals surface area contributed by atoms with Crippen LogP contribution < -0.4 is 0 Å². The van der Waals surface area contributed by atoms with Gasteiger partial charge in [-0.15, -0.1) is 10.2 Å². The molecule has 0 amide bonds. The van der Waals surface area contributed by atoms with Gasteiger partial charge in [0.15, 0.2) is 5.58 Å². The maximum atomic E-state index is 12.3. The summed E-state index contributed by atoms with van der Waals surface area (Å²) < 4.78 is 37.0. The number of hydrogen-bond acceptors (Lipinski definition) is 8. The van der Waals surface area contributed by atoms with Crippen LogP contribution in [0, 0.1) is 0 Å². The number of sulfonamides is 1. The second kappa shape index (κ2) is 8.20. The number of benzene rings is 2. The van der Waals surface area contributed by atoms with Gasteiger partial charge in [-0.3, -0.25) is 0 Å². The van der Waals surface area contributed by atoms with Crippen molar-refractivity contribution in [2.24, 2.45) is 0 Å². The predicted octanol–water partition coefficient (Wildman–Crippen LogP) is 4.73. The van der Waals surface area contributed by atoms with Crippen LogP contribution in [0.25, 0.3) is 22.6 Å². The van der Waals surface area contributed by atoms with Gasteiger partial charge in [0.2, 0.25) is 21.8 Å². The number of nitrogens with zero attached hydrogens (tertiary/aromatic N) is 4. The van der Waals surface area contributed by atoms with E-state index in [0.717, 1.165) is 4.31 Å². The lowest BCUT2D eigenvalue weighted by Gasteiger charge is -2.10. The number of aromatic nitrogens is 3. The first-order valence-corrected chi connectivity index (χ1v) is 11.7. The molecular formula is C18H14Cl2N4O4S2. The Morgan fingerprint density at radius 1 is 1.07 bits per heavy atom. The minimum Gasteiger partial charge on any atom is -0.431 e. The highest BCUT2D eigenvalue weighted by Crippen LogP contribution is 2.31. The number of rotatable bonds is 6. The van der Waals surface area contributed by atoms with E-state index in [-0.39, 0.29) is 10.8 Å². The fraction of sp³-hybridized carbons (Fsp3) is 0.167. The van der Waals surface area contributed by atoms with Crippen molar-refractivity contribution in [2.75, 3.05) is 14.1 Å². The first-order chi connectivity index (χ1) is 14.2. The summed E-state index contributed by atoms with van der Waals surface area (Å²) in [6, 6.07) is 9.53. The van der Waals surface area contributed by atoms with Crippen molar-refractivity contribution in [2.45, 2.75) is 15.9 Å². The summed E-state index contributed by atoms with van der Waals surface area (Å²) >= 11 is 13.3. The van der Waals surface area contributed by atoms with Crippen LogP contribution in [0.4, 0.5) is 0 Å². The summed E-state index contributed by atoms with van der Waals surface area (Å²) in [4.78, 5) is 4.48. The van der Waals surface area contributed by atoms with Gasteiger partial charge in [0.1, 0.15) is 5.52 Å². The Hall–Kier alpha value is -2.11. The van der Waals surface area contributed by atoms with Gasteiger partial charge in [-0.05, 0) is 36.4 Å². The Morgan fingerprint density at radius 3 is 2.60 bits per heavy atom. The zero-order chi connectivity index (χ0) is 21.5. The van der Waals surface area contributed by atoms with Gasteiger partial charge in [-0.25, -0.2) is 17.7 Å². The SMILES string of the molecule is CN(C)S(=O)(=O)c1ccc2oc(SCc3nnc(-c4ccc(Cl)cc4Cl)o3)nc2c1. The lowest BCUT2D eigenvalue weighted by atomic mass is 10.2. The molecule has 0 saturated carbocycles. The van der Waals surface area contributed by atoms with Gasteiger partial charge in [-0.1, -0.05) is 35.0 Å². The first-order valence-electron chi connectivity index (χ1n) is 8.48. The van der Waals surface area contributed by atoms with E-state index in [9.17, 15) is 8.42 Å². The molecule has 0 bridgehead atoms. The lowest BCUT2D eigenvalue weighted by molar-refractivity contribution is 0.486. The molecule has 0 aliphatic rings. The van der Waals surface area contributed by atoms with Crippen LogP contribution in [0.1, 0.15) is 5.89 Å². The molecule has 4 rings (SSSR count). The van der Waals surface area contributed by atoms with Gasteiger partial charge in [0.25, 0.3) is 5.22 Å². The molecule has 0 aliphatic carbocycles. The third kappa shape index (κ3) is 4.19. The van der Waals surface area contributed by atoms with Gasteiger partial charge in [0, 0.05) is 19.1 Å². The van der Waals surface area contributed by atoms with Crippen molar-refractivity contribution in [1.82, 2.24) is 19.5 Å². The van der Waals surface area contributed by atoms with Crippen molar-refractivity contribution in [1.29, 1.82) is 0 Å². The molecule has 0 aliphatic heterocycles. The number of halogens is 2. The van der Waals surface area contributed by atoms with Crippen molar-refractivity contribution in [3.63, 3.8) is 0 Å². The summed E-state index contributed by atoms with van der Waals surface area (Å²) in [7, 11) is -0.608. The molecule has 0 N–H and O–H groups in total. The number of fused-ring (bicyclic) bond motifs is 1. The predicted molar refractivity (Wildman–Crippen MR) is 114 cm³/mol. The standard InChI is InChI=1S/C18H14Cl2N4O4S2/c1-24(2)30(25,26)11-4-6-15-14(8-11)21-18(27-15)29-9-16-22-23-17(28-16)12-5-3-10(19)7-13(12)20/h3-8H,9H2,1-2H3. The van der Waals surface area contributed by atoms with E-state index in [1.54, 1.807) is 24.3 Å². The quantitative estimate of drug-likeness (QED) is 0.362. The summed E-state index contributed by atoms with van der Waals surface area (Å²) in [5.41, 5.74) is 1.51. The normalized spacial score (nSPS) is 12.2. The fourth-order valence-electron chi connectivity index (χ4n) is 2.53. The lowest BCUT2D eigenvalue weighted by Crippen LogP contribution is -2.22. The molecule has 8 nitrogen and oxygen atoms in total. The van der Waals surface area contributed by atoms with Crippen LogP contribution in [-0.2, 0) is 15.8 Å². The molecule has 0 atom stereocenters. The summed E-state index contributed by atoms with van der Waals surface area (Å²) in [6.45, 7) is 0. The highest BCUT2D eigenvalue weighted by atomic mass is 35.5. The molecule has 0 spiro atoms. The van der Waals surface area contributed by atoms with Crippen molar-refractivity contribution in [3.05, 3.63) is 52.3 Å². The van der Waals surface area contributed by atoms with Crippen LogP contribution in [0.2, 0.25) is 10.0 Å². The Morgan fingerprint density at radius 2 is 1.87 bits per heavy atom. The number of oxazole rings is 1. The molecule has 0 radical (unpaired) electrons. The highest BCUT2D eigenvalue weighted by molar-refractivity contribution is 7.98. The third-order valence-corrected chi connectivity index (χ3v) is 7.24. The van der Waals surface area contributed by atoms with E-state index in [1.165, 1.54) is 38.0 Å². The summed E-state index contributed by atoms with van der Waals surface area (Å²) in [5.74, 6) is 0.955. The minimum atomic E-state index is -3.55. The fourth-order valence-corrected chi connectivity index (χ4v) is 4.61.